The van der Waals surface area contributed by atoms with Crippen LogP contribution in [-0.2, 0) is 11.3 Å². The topological polar surface area (TPSA) is 29.5 Å². The number of rotatable bonds is 10. The first kappa shape index (κ1) is 17.5. The number of ether oxygens (including phenoxy) is 1. The first-order valence-corrected chi connectivity index (χ1v) is 7.65. The molecule has 0 aliphatic rings. The normalized spacial score (nSPS) is 12.1. The van der Waals surface area contributed by atoms with Gasteiger partial charge in [-0.25, -0.2) is 0 Å². The molecular formula is C19H26O2. The Labute approximate surface area is 128 Å². The predicted molar refractivity (Wildman–Crippen MR) is 87.7 cm³/mol. The minimum absolute atomic E-state index is 0.258. The molecule has 21 heavy (non-hydrogen) atoms. The van der Waals surface area contributed by atoms with E-state index in [0.29, 0.717) is 19.1 Å². The molecule has 1 aromatic carbocycles. The summed E-state index contributed by atoms with van der Waals surface area (Å²) in [5.74, 6) is 6.51. The Kier molecular flexibility index (Phi) is 10.2. The van der Waals surface area contributed by atoms with E-state index in [1.807, 2.05) is 25.1 Å². The fourth-order valence-electron chi connectivity index (χ4n) is 2.14. The van der Waals surface area contributed by atoms with Crippen molar-refractivity contribution in [2.45, 2.75) is 39.2 Å². The maximum Gasteiger partial charge on any atom is 0.0721 e. The van der Waals surface area contributed by atoms with Crippen molar-refractivity contribution in [1.82, 2.24) is 0 Å². The van der Waals surface area contributed by atoms with Crippen LogP contribution < -0.4 is 0 Å². The van der Waals surface area contributed by atoms with Crippen molar-refractivity contribution < 1.29 is 9.84 Å². The second kappa shape index (κ2) is 12.2. The molecule has 0 aliphatic carbocycles. The monoisotopic (exact) mass is 286 g/mol. The first-order chi connectivity index (χ1) is 10.4. The minimum Gasteiger partial charge on any atom is -0.396 e. The molecule has 0 spiro atoms. The highest BCUT2D eigenvalue weighted by molar-refractivity contribution is 5.13. The van der Waals surface area contributed by atoms with Gasteiger partial charge in [-0.15, -0.1) is 11.8 Å². The zero-order chi connectivity index (χ0) is 15.2. The molecule has 0 unspecified atom stereocenters. The van der Waals surface area contributed by atoms with Crippen LogP contribution in [0.1, 0.15) is 38.2 Å². The number of aliphatic hydroxyl groups is 1. The summed E-state index contributed by atoms with van der Waals surface area (Å²) in [6, 6.07) is 10.2. The number of allylic oxidation sites excluding steroid dienone is 1. The van der Waals surface area contributed by atoms with E-state index >= 15 is 0 Å². The summed E-state index contributed by atoms with van der Waals surface area (Å²) in [6.07, 6.45) is 8.12. The maximum atomic E-state index is 8.95. The Morgan fingerprint density at radius 3 is 2.76 bits per heavy atom. The molecule has 0 fully saturated rings. The van der Waals surface area contributed by atoms with Crippen molar-refractivity contribution in [3.63, 3.8) is 0 Å². The lowest BCUT2D eigenvalue weighted by atomic mass is 9.97. The quantitative estimate of drug-likeness (QED) is 0.401. The van der Waals surface area contributed by atoms with Gasteiger partial charge in [0.15, 0.2) is 0 Å². The summed E-state index contributed by atoms with van der Waals surface area (Å²) >= 11 is 0. The Hall–Kier alpha value is -1.56. The molecule has 1 N–H and O–H groups in total. The molecule has 1 atom stereocenters. The molecular weight excluding hydrogens is 260 g/mol. The minimum atomic E-state index is 0.258. The Bertz CT molecular complexity index is 440. The average molecular weight is 286 g/mol. The molecule has 0 saturated heterocycles. The average Bonchev–Trinajstić information content (AvgIpc) is 2.52. The van der Waals surface area contributed by atoms with Gasteiger partial charge in [0.1, 0.15) is 0 Å². The van der Waals surface area contributed by atoms with E-state index in [0.717, 1.165) is 25.7 Å². The van der Waals surface area contributed by atoms with E-state index in [4.69, 9.17) is 9.84 Å². The van der Waals surface area contributed by atoms with Crippen molar-refractivity contribution in [2.24, 2.45) is 5.92 Å². The molecule has 0 saturated carbocycles. The SMILES string of the molecule is CC#CCC[C@H](/C=C/COCc1ccccc1)CCCO. The van der Waals surface area contributed by atoms with Crippen LogP contribution in [0.3, 0.4) is 0 Å². The molecule has 0 bridgehead atoms. The van der Waals surface area contributed by atoms with Gasteiger partial charge in [-0.05, 0) is 37.7 Å². The molecule has 0 amide bonds. The number of benzene rings is 1. The Morgan fingerprint density at radius 1 is 1.24 bits per heavy atom. The van der Waals surface area contributed by atoms with Crippen molar-refractivity contribution in [3.05, 3.63) is 48.0 Å². The van der Waals surface area contributed by atoms with Crippen LogP contribution in [0.25, 0.3) is 0 Å². The van der Waals surface area contributed by atoms with Gasteiger partial charge in [-0.2, -0.15) is 0 Å². The molecule has 2 nitrogen and oxygen atoms in total. The molecule has 114 valence electrons. The summed E-state index contributed by atoms with van der Waals surface area (Å²) in [6.45, 7) is 3.40. The summed E-state index contributed by atoms with van der Waals surface area (Å²) in [5, 5.41) is 8.95. The van der Waals surface area contributed by atoms with Gasteiger partial charge in [-0.3, -0.25) is 0 Å². The van der Waals surface area contributed by atoms with Gasteiger partial charge in [-0.1, -0.05) is 42.5 Å². The standard InChI is InChI=1S/C19H26O2/c1-2-3-5-10-18(13-8-15-20)14-9-16-21-17-19-11-6-4-7-12-19/h4,6-7,9,11-12,14,18,20H,5,8,10,13,15-17H2,1H3/b14-9+/t18-/m0/s1. The van der Waals surface area contributed by atoms with Crippen LogP contribution in [-0.4, -0.2) is 18.3 Å². The lowest BCUT2D eigenvalue weighted by Crippen LogP contribution is -1.99. The highest BCUT2D eigenvalue weighted by atomic mass is 16.5. The van der Waals surface area contributed by atoms with Crippen molar-refractivity contribution in [1.29, 1.82) is 0 Å². The predicted octanol–water partition coefficient (Wildman–Crippen LogP) is 3.95. The highest BCUT2D eigenvalue weighted by Crippen LogP contribution is 2.15. The van der Waals surface area contributed by atoms with Gasteiger partial charge in [0, 0.05) is 13.0 Å². The van der Waals surface area contributed by atoms with E-state index in [9.17, 15) is 0 Å². The van der Waals surface area contributed by atoms with Crippen LogP contribution in [0.4, 0.5) is 0 Å². The van der Waals surface area contributed by atoms with E-state index in [-0.39, 0.29) is 6.61 Å². The molecule has 0 heterocycles. The third-order valence-electron chi connectivity index (χ3n) is 3.28. The summed E-state index contributed by atoms with van der Waals surface area (Å²) in [7, 11) is 0. The van der Waals surface area contributed by atoms with Crippen LogP contribution >= 0.6 is 0 Å². The van der Waals surface area contributed by atoms with Crippen molar-refractivity contribution in [3.8, 4) is 11.8 Å². The molecule has 2 heteroatoms. The smallest absolute Gasteiger partial charge is 0.0721 e. The number of aliphatic hydroxyl groups excluding tert-OH is 1. The van der Waals surface area contributed by atoms with Gasteiger partial charge in [0.05, 0.1) is 13.2 Å². The molecule has 0 aliphatic heterocycles. The van der Waals surface area contributed by atoms with Crippen LogP contribution in [0, 0.1) is 17.8 Å². The van der Waals surface area contributed by atoms with Crippen LogP contribution in [0.5, 0.6) is 0 Å². The van der Waals surface area contributed by atoms with E-state index in [1.165, 1.54) is 5.56 Å². The maximum absolute atomic E-state index is 8.95. The zero-order valence-electron chi connectivity index (χ0n) is 12.9. The Balaban J connectivity index is 2.26. The van der Waals surface area contributed by atoms with Gasteiger partial charge in [0.2, 0.25) is 0 Å². The van der Waals surface area contributed by atoms with Crippen molar-refractivity contribution >= 4 is 0 Å². The molecule has 0 aromatic heterocycles. The zero-order valence-corrected chi connectivity index (χ0v) is 12.9. The van der Waals surface area contributed by atoms with E-state index < -0.39 is 0 Å². The van der Waals surface area contributed by atoms with E-state index in [1.54, 1.807) is 0 Å². The molecule has 0 radical (unpaired) electrons. The second-order valence-corrected chi connectivity index (χ2v) is 5.02. The summed E-state index contributed by atoms with van der Waals surface area (Å²) < 4.78 is 5.64. The number of hydrogen-bond acceptors (Lipinski definition) is 2. The van der Waals surface area contributed by atoms with Gasteiger partial charge in [0.25, 0.3) is 0 Å². The fourth-order valence-corrected chi connectivity index (χ4v) is 2.14. The highest BCUT2D eigenvalue weighted by Gasteiger charge is 2.03. The van der Waals surface area contributed by atoms with Gasteiger partial charge >= 0.3 is 0 Å². The largest absolute Gasteiger partial charge is 0.396 e. The summed E-state index contributed by atoms with van der Waals surface area (Å²) in [4.78, 5) is 0. The summed E-state index contributed by atoms with van der Waals surface area (Å²) in [5.41, 5.74) is 1.20. The third-order valence-corrected chi connectivity index (χ3v) is 3.28. The van der Waals surface area contributed by atoms with Crippen LogP contribution in [0.15, 0.2) is 42.5 Å². The lowest BCUT2D eigenvalue weighted by Gasteiger charge is -2.10. The lowest BCUT2D eigenvalue weighted by molar-refractivity contribution is 0.148. The number of hydrogen-bond donors (Lipinski definition) is 1. The molecule has 1 rings (SSSR count). The third kappa shape index (κ3) is 9.07. The second-order valence-electron chi connectivity index (χ2n) is 5.02. The molecule has 1 aromatic rings. The van der Waals surface area contributed by atoms with Gasteiger partial charge < -0.3 is 9.84 Å². The van der Waals surface area contributed by atoms with E-state index in [2.05, 4.69) is 36.1 Å². The Morgan fingerprint density at radius 2 is 2.05 bits per heavy atom. The van der Waals surface area contributed by atoms with Crippen molar-refractivity contribution in [2.75, 3.05) is 13.2 Å². The first-order valence-electron chi connectivity index (χ1n) is 7.65. The van der Waals surface area contributed by atoms with Crippen LogP contribution in [0.2, 0.25) is 0 Å². The fraction of sp³-hybridized carbons (Fsp3) is 0.474.